The highest BCUT2D eigenvalue weighted by atomic mass is 35.5. The second kappa shape index (κ2) is 4.90. The molecule has 1 aromatic heterocycles. The number of nitrogens with two attached hydrogens (primary N) is 1. The van der Waals surface area contributed by atoms with Gasteiger partial charge in [-0.2, -0.15) is 4.73 Å². The molecule has 0 bridgehead atoms. The van der Waals surface area contributed by atoms with Gasteiger partial charge in [0, 0.05) is 10.4 Å². The van der Waals surface area contributed by atoms with Crippen molar-refractivity contribution < 1.29 is 9.63 Å². The number of aromatic nitrogens is 1. The van der Waals surface area contributed by atoms with E-state index >= 15 is 0 Å². The van der Waals surface area contributed by atoms with Gasteiger partial charge in [-0.05, 0) is 36.4 Å². The summed E-state index contributed by atoms with van der Waals surface area (Å²) in [7, 11) is 0. The molecule has 20 heavy (non-hydrogen) atoms. The van der Waals surface area contributed by atoms with Gasteiger partial charge in [0.25, 0.3) is 5.91 Å². The lowest BCUT2D eigenvalue weighted by Gasteiger charge is -2.10. The fourth-order valence-corrected chi connectivity index (χ4v) is 2.13. The van der Waals surface area contributed by atoms with E-state index in [9.17, 15) is 4.79 Å². The van der Waals surface area contributed by atoms with Crippen LogP contribution >= 0.6 is 11.6 Å². The lowest BCUT2D eigenvalue weighted by Crippen LogP contribution is -2.19. The van der Waals surface area contributed by atoms with E-state index < -0.39 is 5.91 Å². The topological polar surface area (TPSA) is 57.2 Å². The number of hydrogen-bond acceptors (Lipinski definition) is 2. The van der Waals surface area contributed by atoms with E-state index in [4.69, 9.17) is 22.2 Å². The van der Waals surface area contributed by atoms with Gasteiger partial charge in [-0.3, -0.25) is 4.79 Å². The second-order valence-corrected chi connectivity index (χ2v) is 4.73. The highest BCUT2D eigenvalue weighted by Crippen LogP contribution is 2.22. The molecule has 0 aliphatic rings. The zero-order valence-corrected chi connectivity index (χ0v) is 11.2. The molecule has 3 rings (SSSR count). The Morgan fingerprint density at radius 2 is 1.80 bits per heavy atom. The molecule has 0 saturated carbocycles. The number of rotatable bonds is 3. The molecule has 0 fully saturated rings. The van der Waals surface area contributed by atoms with Gasteiger partial charge in [0.1, 0.15) is 5.69 Å². The molecular weight excluding hydrogens is 276 g/mol. The van der Waals surface area contributed by atoms with Crippen molar-refractivity contribution in [2.45, 2.75) is 0 Å². The highest BCUT2D eigenvalue weighted by Gasteiger charge is 2.14. The molecule has 0 saturated heterocycles. The number of carbonyl (C=O) groups excluding carboxylic acids is 1. The Hall–Kier alpha value is -2.46. The van der Waals surface area contributed by atoms with Crippen LogP contribution in [0.1, 0.15) is 10.5 Å². The number of amides is 1. The summed E-state index contributed by atoms with van der Waals surface area (Å²) in [5.41, 5.74) is 6.46. The third-order valence-electron chi connectivity index (χ3n) is 2.93. The number of nitrogens with zero attached hydrogens (tertiary/aromatic N) is 1. The minimum absolute atomic E-state index is 0.293. The molecule has 5 heteroatoms. The predicted octanol–water partition coefficient (Wildman–Crippen LogP) is 3.24. The summed E-state index contributed by atoms with van der Waals surface area (Å²) in [6.07, 6.45) is 0. The average molecular weight is 287 g/mol. The first kappa shape index (κ1) is 12.6. The molecule has 2 N–H and O–H groups in total. The van der Waals surface area contributed by atoms with Crippen LogP contribution < -0.4 is 10.6 Å². The minimum atomic E-state index is -0.546. The van der Waals surface area contributed by atoms with Crippen LogP contribution in [0.5, 0.6) is 5.75 Å². The van der Waals surface area contributed by atoms with E-state index in [-0.39, 0.29) is 0 Å². The molecule has 4 nitrogen and oxygen atoms in total. The van der Waals surface area contributed by atoms with E-state index in [1.54, 1.807) is 30.3 Å². The number of benzene rings is 2. The van der Waals surface area contributed by atoms with Crippen LogP contribution in [0.2, 0.25) is 5.02 Å². The summed E-state index contributed by atoms with van der Waals surface area (Å²) in [5, 5.41) is 1.50. The molecule has 1 amide bonds. The van der Waals surface area contributed by atoms with Crippen molar-refractivity contribution in [2.24, 2.45) is 5.73 Å². The smallest absolute Gasteiger partial charge is 0.268 e. The lowest BCUT2D eigenvalue weighted by atomic mass is 10.2. The lowest BCUT2D eigenvalue weighted by molar-refractivity contribution is 0.0967. The number of primary amides is 1. The first-order chi connectivity index (χ1) is 9.65. The molecule has 1 heterocycles. The molecule has 0 spiro atoms. The standard InChI is InChI=1S/C15H11ClN2O2/c16-11-5-7-12(8-6-11)20-18-13-4-2-1-3-10(13)9-14(18)15(17)19/h1-9H,(H2,17,19). The van der Waals surface area contributed by atoms with Crippen molar-refractivity contribution in [3.63, 3.8) is 0 Å². The van der Waals surface area contributed by atoms with Crippen molar-refractivity contribution in [2.75, 3.05) is 0 Å². The third kappa shape index (κ3) is 2.21. The second-order valence-electron chi connectivity index (χ2n) is 4.29. The van der Waals surface area contributed by atoms with Gasteiger partial charge in [-0.1, -0.05) is 29.8 Å². The Bertz CT molecular complexity index is 778. The van der Waals surface area contributed by atoms with Crippen LogP contribution in [0.3, 0.4) is 0 Å². The fraction of sp³-hybridized carbons (Fsp3) is 0. The highest BCUT2D eigenvalue weighted by molar-refractivity contribution is 6.30. The Morgan fingerprint density at radius 3 is 2.50 bits per heavy atom. The maximum Gasteiger partial charge on any atom is 0.268 e. The maximum absolute atomic E-state index is 11.5. The van der Waals surface area contributed by atoms with E-state index in [0.29, 0.717) is 16.5 Å². The predicted molar refractivity (Wildman–Crippen MR) is 77.9 cm³/mol. The van der Waals surface area contributed by atoms with Gasteiger partial charge in [0.15, 0.2) is 5.75 Å². The molecular formula is C15H11ClN2O2. The summed E-state index contributed by atoms with van der Waals surface area (Å²) in [6, 6.07) is 16.1. The Morgan fingerprint density at radius 1 is 1.10 bits per heavy atom. The number of para-hydroxylation sites is 1. The molecule has 2 aromatic carbocycles. The van der Waals surface area contributed by atoms with Gasteiger partial charge < -0.3 is 10.6 Å². The number of halogens is 1. The van der Waals surface area contributed by atoms with E-state index in [0.717, 1.165) is 10.9 Å². The Balaban J connectivity index is 2.11. The Kier molecular flexibility index (Phi) is 3.08. The van der Waals surface area contributed by atoms with Gasteiger partial charge in [-0.25, -0.2) is 0 Å². The molecule has 0 unspecified atom stereocenters. The van der Waals surface area contributed by atoms with E-state index in [1.807, 2.05) is 24.3 Å². The van der Waals surface area contributed by atoms with Crippen LogP contribution in [-0.4, -0.2) is 10.6 Å². The first-order valence-corrected chi connectivity index (χ1v) is 6.37. The zero-order chi connectivity index (χ0) is 14.1. The molecule has 0 aliphatic heterocycles. The summed E-state index contributed by atoms with van der Waals surface area (Å²) < 4.78 is 1.43. The monoisotopic (exact) mass is 286 g/mol. The van der Waals surface area contributed by atoms with Crippen LogP contribution in [0.15, 0.2) is 54.6 Å². The van der Waals surface area contributed by atoms with Gasteiger partial charge in [0.05, 0.1) is 5.52 Å². The SMILES string of the molecule is NC(=O)c1cc2ccccc2n1Oc1ccc(Cl)cc1. The van der Waals surface area contributed by atoms with Crippen molar-refractivity contribution in [1.82, 2.24) is 4.73 Å². The quantitative estimate of drug-likeness (QED) is 0.803. The molecule has 0 atom stereocenters. The van der Waals surface area contributed by atoms with Crippen LogP contribution in [-0.2, 0) is 0 Å². The fourth-order valence-electron chi connectivity index (χ4n) is 2.00. The van der Waals surface area contributed by atoms with Gasteiger partial charge in [-0.15, -0.1) is 0 Å². The van der Waals surface area contributed by atoms with Gasteiger partial charge >= 0.3 is 0 Å². The molecule has 0 aliphatic carbocycles. The first-order valence-electron chi connectivity index (χ1n) is 5.99. The Labute approximate surface area is 120 Å². The summed E-state index contributed by atoms with van der Waals surface area (Å²) >= 11 is 5.83. The summed E-state index contributed by atoms with van der Waals surface area (Å²) in [4.78, 5) is 17.3. The number of carbonyl (C=O) groups is 1. The van der Waals surface area contributed by atoms with Crippen molar-refractivity contribution in [3.8, 4) is 5.75 Å². The van der Waals surface area contributed by atoms with Crippen molar-refractivity contribution in [3.05, 3.63) is 65.3 Å². The van der Waals surface area contributed by atoms with Gasteiger partial charge in [0.2, 0.25) is 0 Å². The summed E-state index contributed by atoms with van der Waals surface area (Å²) in [5.74, 6) is 0.0217. The van der Waals surface area contributed by atoms with Crippen LogP contribution in [0.4, 0.5) is 0 Å². The molecule has 100 valence electrons. The minimum Gasteiger partial charge on any atom is -0.374 e. The molecule has 3 aromatic rings. The van der Waals surface area contributed by atoms with Crippen molar-refractivity contribution in [1.29, 1.82) is 0 Å². The number of fused-ring (bicyclic) bond motifs is 1. The zero-order valence-electron chi connectivity index (χ0n) is 10.4. The third-order valence-corrected chi connectivity index (χ3v) is 3.18. The molecule has 0 radical (unpaired) electrons. The van der Waals surface area contributed by atoms with E-state index in [1.165, 1.54) is 4.73 Å². The summed E-state index contributed by atoms with van der Waals surface area (Å²) in [6.45, 7) is 0. The van der Waals surface area contributed by atoms with Crippen LogP contribution in [0.25, 0.3) is 10.9 Å². The van der Waals surface area contributed by atoms with E-state index in [2.05, 4.69) is 0 Å². The normalized spacial score (nSPS) is 10.7. The maximum atomic E-state index is 11.5. The van der Waals surface area contributed by atoms with Crippen molar-refractivity contribution >= 4 is 28.4 Å². The largest absolute Gasteiger partial charge is 0.374 e. The average Bonchev–Trinajstić information content (AvgIpc) is 2.81. The van der Waals surface area contributed by atoms with Crippen LogP contribution in [0, 0.1) is 0 Å². The number of hydrogen-bond donors (Lipinski definition) is 1.